The fourth-order valence-corrected chi connectivity index (χ4v) is 6.70. The van der Waals surface area contributed by atoms with E-state index in [1.165, 1.54) is 0 Å². The van der Waals surface area contributed by atoms with Crippen molar-refractivity contribution in [3.8, 4) is 6.07 Å². The molecule has 1 saturated heterocycles. The molecule has 0 aromatic heterocycles. The van der Waals surface area contributed by atoms with Gasteiger partial charge in [-0.25, -0.2) is 0 Å². The lowest BCUT2D eigenvalue weighted by molar-refractivity contribution is 0.262. The molecule has 5 atom stereocenters. The summed E-state index contributed by atoms with van der Waals surface area (Å²) in [6, 6.07) is 11.8. The van der Waals surface area contributed by atoms with Crippen molar-refractivity contribution in [3.63, 3.8) is 0 Å². The Morgan fingerprint density at radius 3 is 2.70 bits per heavy atom. The Hall–Kier alpha value is -1.36. The average Bonchev–Trinajstić information content (AvgIpc) is 2.84. The zero-order valence-corrected chi connectivity index (χ0v) is 12.6. The van der Waals surface area contributed by atoms with Crippen LogP contribution >= 0.6 is 7.37 Å². The summed E-state index contributed by atoms with van der Waals surface area (Å²) in [5.41, 5.74) is -0.899. The highest BCUT2D eigenvalue weighted by Gasteiger charge is 2.58. The summed E-state index contributed by atoms with van der Waals surface area (Å²) in [6.45, 7) is 4.38. The molecule has 0 saturated carbocycles. The molecule has 0 N–H and O–H groups in total. The number of benzene rings is 1. The summed E-state index contributed by atoms with van der Waals surface area (Å²) in [5, 5.41) is 10.4. The number of nitrogens with zero attached hydrogens (tertiary/aromatic N) is 1. The van der Waals surface area contributed by atoms with Crippen molar-refractivity contribution < 1.29 is 9.09 Å². The van der Waals surface area contributed by atoms with Gasteiger partial charge in [-0.3, -0.25) is 4.57 Å². The van der Waals surface area contributed by atoms with Crippen LogP contribution in [0.15, 0.2) is 42.5 Å². The van der Waals surface area contributed by atoms with Gasteiger partial charge in [0.05, 0.1) is 23.8 Å². The third kappa shape index (κ3) is 1.72. The molecule has 0 spiro atoms. The van der Waals surface area contributed by atoms with Gasteiger partial charge >= 0.3 is 0 Å². The molecule has 3 nitrogen and oxygen atoms in total. The molecule has 1 aliphatic heterocycles. The summed E-state index contributed by atoms with van der Waals surface area (Å²) < 4.78 is 19.3. The number of rotatable bonds is 1. The van der Waals surface area contributed by atoms with Crippen LogP contribution in [0.25, 0.3) is 0 Å². The number of nitriles is 1. The molecular weight excluding hydrogens is 269 g/mol. The highest BCUT2D eigenvalue weighted by Crippen LogP contribution is 2.66. The van der Waals surface area contributed by atoms with Gasteiger partial charge < -0.3 is 4.52 Å². The van der Waals surface area contributed by atoms with Crippen molar-refractivity contribution in [3.05, 3.63) is 42.5 Å². The molecule has 1 fully saturated rings. The summed E-state index contributed by atoms with van der Waals surface area (Å²) in [5.74, 6) is 0.148. The molecule has 1 aromatic rings. The smallest absolute Gasteiger partial charge is 0.237 e. The van der Waals surface area contributed by atoms with E-state index in [9.17, 15) is 9.83 Å². The van der Waals surface area contributed by atoms with Gasteiger partial charge in [0.15, 0.2) is 0 Å². The van der Waals surface area contributed by atoms with E-state index in [2.05, 4.69) is 18.2 Å². The van der Waals surface area contributed by atoms with Crippen molar-refractivity contribution in [2.45, 2.75) is 19.5 Å². The molecule has 3 rings (SSSR count). The lowest BCUT2D eigenvalue weighted by Gasteiger charge is -2.40. The van der Waals surface area contributed by atoms with E-state index >= 15 is 0 Å². The van der Waals surface area contributed by atoms with Crippen molar-refractivity contribution in [1.29, 1.82) is 5.26 Å². The van der Waals surface area contributed by atoms with Crippen LogP contribution in [0.3, 0.4) is 0 Å². The van der Waals surface area contributed by atoms with Gasteiger partial charge in [0.25, 0.3) is 0 Å². The number of allylic oxidation sites excluding steroid dienone is 1. The summed E-state index contributed by atoms with van der Waals surface area (Å²) in [6.07, 6.45) is 4.14. The first kappa shape index (κ1) is 13.6. The zero-order valence-electron chi connectivity index (χ0n) is 11.7. The van der Waals surface area contributed by atoms with Crippen LogP contribution in [-0.2, 0) is 9.09 Å². The first-order chi connectivity index (χ1) is 9.52. The molecule has 20 heavy (non-hydrogen) atoms. The lowest BCUT2D eigenvalue weighted by atomic mass is 9.69. The summed E-state index contributed by atoms with van der Waals surface area (Å²) >= 11 is 0. The van der Waals surface area contributed by atoms with Crippen LogP contribution in [0.2, 0.25) is 0 Å². The molecule has 4 heteroatoms. The fraction of sp³-hybridized carbons (Fsp3) is 0.438. The van der Waals surface area contributed by atoms with E-state index in [-0.39, 0.29) is 17.5 Å². The predicted octanol–water partition coefficient (Wildman–Crippen LogP) is 3.34. The van der Waals surface area contributed by atoms with E-state index in [4.69, 9.17) is 4.52 Å². The third-order valence-corrected chi connectivity index (χ3v) is 8.00. The molecule has 0 bridgehead atoms. The second-order valence-corrected chi connectivity index (χ2v) is 8.43. The Balaban J connectivity index is 2.15. The Kier molecular flexibility index (Phi) is 3.12. The monoisotopic (exact) mass is 287 g/mol. The van der Waals surface area contributed by atoms with E-state index in [1.807, 2.05) is 44.2 Å². The Morgan fingerprint density at radius 2 is 2.05 bits per heavy atom. The van der Waals surface area contributed by atoms with Crippen LogP contribution in [0.1, 0.15) is 13.8 Å². The Morgan fingerprint density at radius 1 is 1.35 bits per heavy atom. The maximum absolute atomic E-state index is 13.5. The Labute approximate surface area is 119 Å². The van der Waals surface area contributed by atoms with Crippen molar-refractivity contribution >= 4 is 12.7 Å². The second-order valence-electron chi connectivity index (χ2n) is 5.91. The van der Waals surface area contributed by atoms with Crippen LogP contribution in [0, 0.1) is 28.6 Å². The number of fused-ring (bicyclic) bond motifs is 1. The van der Waals surface area contributed by atoms with Crippen LogP contribution < -0.4 is 5.30 Å². The largest absolute Gasteiger partial charge is 0.324 e. The van der Waals surface area contributed by atoms with Crippen LogP contribution in [-0.4, -0.2) is 12.3 Å². The van der Waals surface area contributed by atoms with Gasteiger partial charge in [-0.1, -0.05) is 37.3 Å². The van der Waals surface area contributed by atoms with Gasteiger partial charge in [-0.15, -0.1) is 0 Å². The second kappa shape index (κ2) is 4.58. The normalized spacial score (nSPS) is 43.0. The van der Waals surface area contributed by atoms with E-state index in [0.717, 1.165) is 5.30 Å². The van der Waals surface area contributed by atoms with Crippen molar-refractivity contribution in [1.82, 2.24) is 0 Å². The topological polar surface area (TPSA) is 50.1 Å². The molecule has 0 unspecified atom stereocenters. The van der Waals surface area contributed by atoms with Gasteiger partial charge in [-0.2, -0.15) is 5.26 Å². The SMILES string of the molecule is C[C@H]1C=C[C@H]2CO[P@@](=O)(c3ccccc3)[C@@H]2[C@@]1(C)C#N. The van der Waals surface area contributed by atoms with Gasteiger partial charge in [0, 0.05) is 11.2 Å². The van der Waals surface area contributed by atoms with E-state index < -0.39 is 12.8 Å². The van der Waals surface area contributed by atoms with E-state index in [1.54, 1.807) is 0 Å². The molecule has 104 valence electrons. The lowest BCUT2D eigenvalue weighted by Crippen LogP contribution is -2.42. The predicted molar refractivity (Wildman–Crippen MR) is 78.9 cm³/mol. The minimum Gasteiger partial charge on any atom is -0.324 e. The zero-order chi connectivity index (χ0) is 14.4. The Bertz CT molecular complexity index is 634. The average molecular weight is 287 g/mol. The van der Waals surface area contributed by atoms with Crippen molar-refractivity contribution in [2.75, 3.05) is 6.61 Å². The van der Waals surface area contributed by atoms with Gasteiger partial charge in [0.1, 0.15) is 0 Å². The van der Waals surface area contributed by atoms with Gasteiger partial charge in [-0.05, 0) is 25.0 Å². The minimum absolute atomic E-state index is 0.0712. The highest BCUT2D eigenvalue weighted by atomic mass is 31.2. The highest BCUT2D eigenvalue weighted by molar-refractivity contribution is 7.68. The summed E-state index contributed by atoms with van der Waals surface area (Å²) in [7, 11) is -3.00. The van der Waals surface area contributed by atoms with Crippen LogP contribution in [0.5, 0.6) is 0 Å². The fourth-order valence-electron chi connectivity index (χ4n) is 3.40. The first-order valence-corrected chi connectivity index (χ1v) is 8.61. The molecular formula is C16H18NO2P. The standard InChI is InChI=1S/C16H18NO2P/c1-12-8-9-13-10-19-20(18,14-6-4-3-5-7-14)15(13)16(12,2)11-17/h3-9,12-13,15H,10H2,1-2H3/t12-,13-,15-,16-,20-/m0/s1. The van der Waals surface area contributed by atoms with Gasteiger partial charge in [0.2, 0.25) is 7.37 Å². The summed E-state index contributed by atoms with van der Waals surface area (Å²) in [4.78, 5) is 0. The minimum atomic E-state index is -3.00. The van der Waals surface area contributed by atoms with Crippen molar-refractivity contribution in [2.24, 2.45) is 17.3 Å². The molecule has 1 aromatic carbocycles. The number of hydrogen-bond acceptors (Lipinski definition) is 3. The molecule has 1 aliphatic carbocycles. The van der Waals surface area contributed by atoms with E-state index in [0.29, 0.717) is 6.61 Å². The maximum atomic E-state index is 13.5. The third-order valence-electron chi connectivity index (χ3n) is 4.79. The van der Waals surface area contributed by atoms with Crippen LogP contribution in [0.4, 0.5) is 0 Å². The molecule has 1 heterocycles. The first-order valence-electron chi connectivity index (χ1n) is 6.92. The maximum Gasteiger partial charge on any atom is 0.237 e. The molecule has 0 radical (unpaired) electrons. The number of hydrogen-bond donors (Lipinski definition) is 0. The molecule has 0 amide bonds. The molecule has 2 aliphatic rings. The quantitative estimate of drug-likeness (QED) is 0.588.